The Kier molecular flexibility index (Phi) is 1.38. The minimum atomic E-state index is -0.679. The Morgan fingerprint density at radius 2 is 2.40 bits per heavy atom. The van der Waals surface area contributed by atoms with Gasteiger partial charge < -0.3 is 5.73 Å². The van der Waals surface area contributed by atoms with Crippen molar-refractivity contribution in [2.24, 2.45) is 5.73 Å². The molecule has 1 heterocycles. The first-order valence-electron chi connectivity index (χ1n) is 2.43. The Morgan fingerprint density at radius 1 is 1.70 bits per heavy atom. The third kappa shape index (κ3) is 0.821. The molecular weight excluding hydrogens is 132 g/mol. The summed E-state index contributed by atoms with van der Waals surface area (Å²) in [6.07, 6.45) is 4.95. The van der Waals surface area contributed by atoms with E-state index in [1.807, 2.05) is 0 Å². The number of amides is 1. The largest absolute Gasteiger partial charge is 0.364 e. The molecule has 0 aliphatic carbocycles. The lowest BCUT2D eigenvalue weighted by Gasteiger charge is -1.82. The molecule has 0 unspecified atom stereocenters. The van der Waals surface area contributed by atoms with Crippen LogP contribution in [-0.2, 0) is 0 Å². The van der Waals surface area contributed by atoms with E-state index in [4.69, 9.17) is 12.2 Å². The molecule has 5 heteroatoms. The van der Waals surface area contributed by atoms with Crippen LogP contribution in [0.15, 0.2) is 0 Å². The summed E-state index contributed by atoms with van der Waals surface area (Å²) in [6, 6.07) is 0. The number of primary amides is 1. The van der Waals surface area contributed by atoms with Gasteiger partial charge in [0.15, 0.2) is 11.4 Å². The SMILES string of the molecule is C#Cc1n[nH]nc1C(N)=O. The number of carbonyl (C=O) groups is 1. The quantitative estimate of drug-likeness (QED) is 0.480. The van der Waals surface area contributed by atoms with Gasteiger partial charge in [0.2, 0.25) is 0 Å². The van der Waals surface area contributed by atoms with Crippen molar-refractivity contribution in [1.82, 2.24) is 15.4 Å². The minimum absolute atomic E-state index is 0.00231. The Bertz CT molecular complexity index is 295. The number of nitrogens with zero attached hydrogens (tertiary/aromatic N) is 2. The highest BCUT2D eigenvalue weighted by molar-refractivity contribution is 5.92. The van der Waals surface area contributed by atoms with E-state index in [9.17, 15) is 4.79 Å². The molecule has 0 atom stereocenters. The fourth-order valence-electron chi connectivity index (χ4n) is 0.503. The van der Waals surface area contributed by atoms with Crippen molar-refractivity contribution in [1.29, 1.82) is 0 Å². The van der Waals surface area contributed by atoms with Crippen LogP contribution in [-0.4, -0.2) is 21.3 Å². The van der Waals surface area contributed by atoms with Crippen LogP contribution < -0.4 is 5.73 Å². The average Bonchev–Trinajstić information content (AvgIpc) is 2.33. The van der Waals surface area contributed by atoms with Crippen molar-refractivity contribution in [2.75, 3.05) is 0 Å². The summed E-state index contributed by atoms with van der Waals surface area (Å²) >= 11 is 0. The van der Waals surface area contributed by atoms with Gasteiger partial charge in [0.25, 0.3) is 5.91 Å². The summed E-state index contributed by atoms with van der Waals surface area (Å²) < 4.78 is 0. The minimum Gasteiger partial charge on any atom is -0.364 e. The number of rotatable bonds is 1. The van der Waals surface area contributed by atoms with Crippen LogP contribution in [0.1, 0.15) is 16.2 Å². The molecule has 50 valence electrons. The number of carbonyl (C=O) groups excluding carboxylic acids is 1. The molecule has 0 aliphatic rings. The van der Waals surface area contributed by atoms with Crippen LogP contribution in [0.5, 0.6) is 0 Å². The fourth-order valence-corrected chi connectivity index (χ4v) is 0.503. The van der Waals surface area contributed by atoms with Gasteiger partial charge in [-0.3, -0.25) is 4.79 Å². The zero-order valence-corrected chi connectivity index (χ0v) is 4.96. The van der Waals surface area contributed by atoms with Gasteiger partial charge in [-0.2, -0.15) is 5.21 Å². The molecule has 0 fully saturated rings. The summed E-state index contributed by atoms with van der Waals surface area (Å²) in [5, 5.41) is 9.10. The summed E-state index contributed by atoms with van der Waals surface area (Å²) in [4.78, 5) is 10.4. The van der Waals surface area contributed by atoms with Crippen LogP contribution in [0.25, 0.3) is 0 Å². The van der Waals surface area contributed by atoms with E-state index in [1.165, 1.54) is 0 Å². The zero-order chi connectivity index (χ0) is 7.56. The molecule has 0 aliphatic heterocycles. The Labute approximate surface area is 56.6 Å². The second-order valence-corrected chi connectivity index (χ2v) is 1.53. The van der Waals surface area contributed by atoms with E-state index in [-0.39, 0.29) is 11.4 Å². The van der Waals surface area contributed by atoms with Gasteiger partial charge in [-0.25, -0.2) is 0 Å². The summed E-state index contributed by atoms with van der Waals surface area (Å²) in [7, 11) is 0. The van der Waals surface area contributed by atoms with Gasteiger partial charge in [0.1, 0.15) is 0 Å². The van der Waals surface area contributed by atoms with E-state index in [0.717, 1.165) is 0 Å². The molecule has 0 saturated carbocycles. The number of nitrogens with one attached hydrogen (secondary N) is 1. The molecule has 0 radical (unpaired) electrons. The van der Waals surface area contributed by atoms with Crippen molar-refractivity contribution < 1.29 is 4.79 Å². The van der Waals surface area contributed by atoms with Crippen LogP contribution >= 0.6 is 0 Å². The van der Waals surface area contributed by atoms with E-state index in [2.05, 4.69) is 21.3 Å². The van der Waals surface area contributed by atoms with E-state index in [0.29, 0.717) is 0 Å². The second-order valence-electron chi connectivity index (χ2n) is 1.53. The third-order valence-electron chi connectivity index (χ3n) is 0.918. The van der Waals surface area contributed by atoms with Gasteiger partial charge >= 0.3 is 0 Å². The lowest BCUT2D eigenvalue weighted by Crippen LogP contribution is -2.13. The number of terminal acetylenes is 1. The smallest absolute Gasteiger partial charge is 0.272 e. The first-order chi connectivity index (χ1) is 4.75. The van der Waals surface area contributed by atoms with Gasteiger partial charge in [-0.15, -0.1) is 16.6 Å². The van der Waals surface area contributed by atoms with Gasteiger partial charge in [-0.05, 0) is 5.92 Å². The lowest BCUT2D eigenvalue weighted by molar-refractivity contribution is 0.0995. The molecule has 0 saturated heterocycles. The highest BCUT2D eigenvalue weighted by atomic mass is 16.1. The summed E-state index contributed by atoms with van der Waals surface area (Å²) in [6.45, 7) is 0. The van der Waals surface area contributed by atoms with Crippen LogP contribution in [0.3, 0.4) is 0 Å². The summed E-state index contributed by atoms with van der Waals surface area (Å²) in [5.74, 6) is 1.47. The Balaban J connectivity index is 3.17. The summed E-state index contributed by atoms with van der Waals surface area (Å²) in [5.41, 5.74) is 5.03. The normalized spacial score (nSPS) is 8.70. The van der Waals surface area contributed by atoms with Crippen molar-refractivity contribution in [3.8, 4) is 12.3 Å². The topological polar surface area (TPSA) is 84.7 Å². The van der Waals surface area contributed by atoms with Crippen molar-refractivity contribution in [3.05, 3.63) is 11.4 Å². The molecule has 3 N–H and O–H groups in total. The van der Waals surface area contributed by atoms with Crippen molar-refractivity contribution in [3.63, 3.8) is 0 Å². The van der Waals surface area contributed by atoms with Crippen LogP contribution in [0.2, 0.25) is 0 Å². The van der Waals surface area contributed by atoms with E-state index < -0.39 is 5.91 Å². The molecule has 0 aromatic carbocycles. The van der Waals surface area contributed by atoms with Gasteiger partial charge in [-0.1, -0.05) is 0 Å². The highest BCUT2D eigenvalue weighted by Gasteiger charge is 2.09. The number of aromatic amines is 1. The third-order valence-corrected chi connectivity index (χ3v) is 0.918. The second kappa shape index (κ2) is 2.19. The maximum Gasteiger partial charge on any atom is 0.272 e. The maximum absolute atomic E-state index is 10.4. The number of hydrogen-bond donors (Lipinski definition) is 2. The first-order valence-corrected chi connectivity index (χ1v) is 2.43. The van der Waals surface area contributed by atoms with Gasteiger partial charge in [0.05, 0.1) is 0 Å². The van der Waals surface area contributed by atoms with Crippen molar-refractivity contribution >= 4 is 5.91 Å². The number of aromatic nitrogens is 3. The average molecular weight is 136 g/mol. The predicted octanol–water partition coefficient (Wildman–Crippen LogP) is -1.12. The zero-order valence-electron chi connectivity index (χ0n) is 4.96. The highest BCUT2D eigenvalue weighted by Crippen LogP contribution is 1.95. The maximum atomic E-state index is 10.4. The Hall–Kier alpha value is -1.83. The van der Waals surface area contributed by atoms with E-state index >= 15 is 0 Å². The lowest BCUT2D eigenvalue weighted by atomic mass is 10.3. The molecule has 1 aromatic rings. The predicted molar refractivity (Wildman–Crippen MR) is 32.8 cm³/mol. The molecule has 5 nitrogen and oxygen atoms in total. The van der Waals surface area contributed by atoms with Gasteiger partial charge in [0, 0.05) is 0 Å². The molecule has 0 bridgehead atoms. The number of hydrogen-bond acceptors (Lipinski definition) is 3. The molecule has 1 rings (SSSR count). The van der Waals surface area contributed by atoms with Crippen LogP contribution in [0, 0.1) is 12.3 Å². The monoisotopic (exact) mass is 136 g/mol. The van der Waals surface area contributed by atoms with Crippen LogP contribution in [0.4, 0.5) is 0 Å². The molecule has 1 amide bonds. The van der Waals surface area contributed by atoms with E-state index in [1.54, 1.807) is 0 Å². The molecule has 10 heavy (non-hydrogen) atoms. The molecule has 0 spiro atoms. The molecular formula is C5H4N4O. The number of nitrogens with two attached hydrogens (primary N) is 1. The number of H-pyrrole nitrogens is 1. The Morgan fingerprint density at radius 3 is 2.80 bits per heavy atom. The molecule has 1 aromatic heterocycles. The standard InChI is InChI=1S/C5H4N4O/c1-2-3-4(5(6)10)8-9-7-3/h1H,(H2,6,10)(H,7,8,9). The van der Waals surface area contributed by atoms with Crippen molar-refractivity contribution in [2.45, 2.75) is 0 Å². The fraction of sp³-hybridized carbons (Fsp3) is 0. The first kappa shape index (κ1) is 6.29.